The molecule has 0 aliphatic carbocycles. The first-order chi connectivity index (χ1) is 14.6. The highest BCUT2D eigenvalue weighted by Crippen LogP contribution is 2.28. The number of para-hydroxylation sites is 1. The molecule has 6 nitrogen and oxygen atoms in total. The summed E-state index contributed by atoms with van der Waals surface area (Å²) in [5.41, 5.74) is 1.41. The molecule has 0 aliphatic rings. The summed E-state index contributed by atoms with van der Waals surface area (Å²) in [5.74, 6) is 1.62. The number of rotatable bonds is 11. The minimum Gasteiger partial charge on any atom is -0.493 e. The van der Waals surface area contributed by atoms with Crippen LogP contribution in [-0.2, 0) is 6.54 Å². The molecule has 2 aromatic carbocycles. The van der Waals surface area contributed by atoms with Crippen LogP contribution in [0.25, 0.3) is 0 Å². The van der Waals surface area contributed by atoms with Crippen LogP contribution >= 0.6 is 12.2 Å². The second kappa shape index (κ2) is 12.7. The van der Waals surface area contributed by atoms with Crippen molar-refractivity contribution in [1.82, 2.24) is 10.6 Å². The molecule has 0 radical (unpaired) electrons. The quantitative estimate of drug-likeness (QED) is 0.405. The largest absolute Gasteiger partial charge is 0.493 e. The van der Waals surface area contributed by atoms with Crippen molar-refractivity contribution in [3.05, 3.63) is 53.6 Å². The Kier molecular flexibility index (Phi) is 9.94. The molecular formula is C23H30N2O4S. The maximum absolute atomic E-state index is 12.6. The topological polar surface area (TPSA) is 68.8 Å². The lowest BCUT2D eigenvalue weighted by Gasteiger charge is -2.14. The summed E-state index contributed by atoms with van der Waals surface area (Å²) in [6, 6.07) is 12.8. The average Bonchev–Trinajstić information content (AvgIpc) is 2.77. The highest BCUT2D eigenvalue weighted by atomic mass is 32.1. The van der Waals surface area contributed by atoms with E-state index in [1.165, 1.54) is 0 Å². The van der Waals surface area contributed by atoms with Gasteiger partial charge in [-0.25, -0.2) is 0 Å². The number of amides is 1. The van der Waals surface area contributed by atoms with Crippen molar-refractivity contribution in [1.29, 1.82) is 0 Å². The molecule has 0 heterocycles. The summed E-state index contributed by atoms with van der Waals surface area (Å²) in [6.07, 6.45) is 2.88. The number of hydrogen-bond donors (Lipinski definition) is 2. The lowest BCUT2D eigenvalue weighted by Crippen LogP contribution is -2.39. The summed E-state index contributed by atoms with van der Waals surface area (Å²) in [5, 5.41) is 6.00. The lowest BCUT2D eigenvalue weighted by atomic mass is 10.2. The summed E-state index contributed by atoms with van der Waals surface area (Å²) in [4.78, 5) is 12.6. The first-order valence-corrected chi connectivity index (χ1v) is 10.6. The van der Waals surface area contributed by atoms with Crippen LogP contribution in [0.15, 0.2) is 42.5 Å². The van der Waals surface area contributed by atoms with Gasteiger partial charge in [-0.05, 0) is 54.9 Å². The van der Waals surface area contributed by atoms with Gasteiger partial charge in [0, 0.05) is 6.54 Å². The number of nitrogens with one attached hydrogen (secondary N) is 2. The van der Waals surface area contributed by atoms with Crippen LogP contribution in [-0.4, -0.2) is 31.3 Å². The molecule has 2 aromatic rings. The normalized spacial score (nSPS) is 10.2. The fraction of sp³-hybridized carbons (Fsp3) is 0.391. The highest BCUT2D eigenvalue weighted by molar-refractivity contribution is 7.80. The van der Waals surface area contributed by atoms with E-state index >= 15 is 0 Å². The highest BCUT2D eigenvalue weighted by Gasteiger charge is 2.13. The third-order valence-corrected chi connectivity index (χ3v) is 4.50. The van der Waals surface area contributed by atoms with E-state index in [0.29, 0.717) is 42.6 Å². The number of unbranched alkanes of at least 4 members (excludes halogenated alkanes) is 1. The van der Waals surface area contributed by atoms with Crippen molar-refractivity contribution in [2.24, 2.45) is 0 Å². The Bertz CT molecular complexity index is 842. The van der Waals surface area contributed by atoms with E-state index in [1.807, 2.05) is 24.3 Å². The molecule has 0 saturated heterocycles. The van der Waals surface area contributed by atoms with Crippen molar-refractivity contribution < 1.29 is 19.0 Å². The Morgan fingerprint density at radius 1 is 0.967 bits per heavy atom. The first-order valence-electron chi connectivity index (χ1n) is 10.2. The average molecular weight is 431 g/mol. The van der Waals surface area contributed by atoms with Crippen LogP contribution in [0, 0.1) is 0 Å². The van der Waals surface area contributed by atoms with Gasteiger partial charge >= 0.3 is 0 Å². The first kappa shape index (κ1) is 23.5. The Morgan fingerprint density at radius 3 is 2.47 bits per heavy atom. The summed E-state index contributed by atoms with van der Waals surface area (Å²) >= 11 is 5.28. The minimum absolute atomic E-state index is 0.244. The standard InChI is InChI=1S/C23H30N2O4S/c1-4-6-14-29-19-10-8-7-9-18(19)22(26)25-23(30)24-16-17-11-12-20(28-13-5-2)21(15-17)27-3/h7-12,15H,4-6,13-14,16H2,1-3H3,(H2,24,25,26,30). The number of ether oxygens (including phenoxy) is 3. The van der Waals surface area contributed by atoms with Gasteiger partial charge in [-0.1, -0.05) is 38.5 Å². The molecule has 0 aliphatic heterocycles. The lowest BCUT2D eigenvalue weighted by molar-refractivity contribution is 0.0972. The minimum atomic E-state index is -0.305. The molecule has 162 valence electrons. The summed E-state index contributed by atoms with van der Waals surface area (Å²) < 4.78 is 16.8. The number of carbonyl (C=O) groups is 1. The molecule has 0 atom stereocenters. The van der Waals surface area contributed by atoms with Gasteiger partial charge in [0.25, 0.3) is 5.91 Å². The smallest absolute Gasteiger partial charge is 0.261 e. The van der Waals surface area contributed by atoms with E-state index < -0.39 is 0 Å². The van der Waals surface area contributed by atoms with Gasteiger partial charge in [0.2, 0.25) is 0 Å². The third kappa shape index (κ3) is 7.22. The molecule has 30 heavy (non-hydrogen) atoms. The van der Waals surface area contributed by atoms with Gasteiger partial charge in [0.1, 0.15) is 5.75 Å². The van der Waals surface area contributed by atoms with Crippen LogP contribution in [0.3, 0.4) is 0 Å². The van der Waals surface area contributed by atoms with Crippen molar-refractivity contribution >= 4 is 23.2 Å². The van der Waals surface area contributed by atoms with E-state index in [2.05, 4.69) is 24.5 Å². The Balaban J connectivity index is 1.92. The maximum Gasteiger partial charge on any atom is 0.261 e. The second-order valence-corrected chi connectivity index (χ2v) is 7.08. The zero-order chi connectivity index (χ0) is 21.8. The van der Waals surface area contributed by atoms with Gasteiger partial charge < -0.3 is 19.5 Å². The number of methoxy groups -OCH3 is 1. The fourth-order valence-corrected chi connectivity index (χ4v) is 2.82. The van der Waals surface area contributed by atoms with E-state index in [1.54, 1.807) is 25.3 Å². The number of benzene rings is 2. The molecule has 0 bridgehead atoms. The SMILES string of the molecule is CCCCOc1ccccc1C(=O)NC(=S)NCc1ccc(OCCC)c(OC)c1. The van der Waals surface area contributed by atoms with E-state index in [4.69, 9.17) is 26.4 Å². The van der Waals surface area contributed by atoms with E-state index in [-0.39, 0.29) is 11.0 Å². The molecule has 0 aromatic heterocycles. The van der Waals surface area contributed by atoms with E-state index in [0.717, 1.165) is 24.8 Å². The maximum atomic E-state index is 12.6. The van der Waals surface area contributed by atoms with Crippen molar-refractivity contribution in [3.63, 3.8) is 0 Å². The summed E-state index contributed by atoms with van der Waals surface area (Å²) in [6.45, 7) is 5.79. The van der Waals surface area contributed by atoms with E-state index in [9.17, 15) is 4.79 Å². The number of carbonyl (C=O) groups excluding carboxylic acids is 1. The van der Waals surface area contributed by atoms with Crippen LogP contribution in [0.5, 0.6) is 17.2 Å². The Labute approximate surface area is 183 Å². The monoisotopic (exact) mass is 430 g/mol. The van der Waals surface area contributed by atoms with Crippen molar-refractivity contribution in [2.75, 3.05) is 20.3 Å². The van der Waals surface area contributed by atoms with Gasteiger partial charge in [-0.3, -0.25) is 10.1 Å². The number of thiocarbonyl (C=S) groups is 1. The predicted octanol–water partition coefficient (Wildman–Crippen LogP) is 4.47. The second-order valence-electron chi connectivity index (χ2n) is 6.67. The summed E-state index contributed by atoms with van der Waals surface area (Å²) in [7, 11) is 1.61. The van der Waals surface area contributed by atoms with Gasteiger partial charge in [0.15, 0.2) is 16.6 Å². The molecule has 2 N–H and O–H groups in total. The predicted molar refractivity (Wildman–Crippen MR) is 123 cm³/mol. The van der Waals surface area contributed by atoms with Gasteiger partial charge in [-0.15, -0.1) is 0 Å². The van der Waals surface area contributed by atoms with Crippen LogP contribution in [0.2, 0.25) is 0 Å². The van der Waals surface area contributed by atoms with Crippen LogP contribution in [0.1, 0.15) is 49.0 Å². The number of hydrogen-bond acceptors (Lipinski definition) is 5. The van der Waals surface area contributed by atoms with Crippen LogP contribution in [0.4, 0.5) is 0 Å². The van der Waals surface area contributed by atoms with Crippen molar-refractivity contribution in [3.8, 4) is 17.2 Å². The molecular weight excluding hydrogens is 400 g/mol. The zero-order valence-electron chi connectivity index (χ0n) is 17.8. The molecule has 0 spiro atoms. The van der Waals surface area contributed by atoms with Gasteiger partial charge in [-0.2, -0.15) is 0 Å². The molecule has 7 heteroatoms. The molecule has 0 unspecified atom stereocenters. The van der Waals surface area contributed by atoms with Gasteiger partial charge in [0.05, 0.1) is 25.9 Å². The molecule has 2 rings (SSSR count). The molecule has 0 saturated carbocycles. The Morgan fingerprint density at radius 2 is 1.73 bits per heavy atom. The molecule has 1 amide bonds. The van der Waals surface area contributed by atoms with Crippen molar-refractivity contribution in [2.45, 2.75) is 39.7 Å². The fourth-order valence-electron chi connectivity index (χ4n) is 2.66. The zero-order valence-corrected chi connectivity index (χ0v) is 18.6. The molecule has 0 fully saturated rings. The van der Waals surface area contributed by atoms with Crippen LogP contribution < -0.4 is 24.8 Å². The third-order valence-electron chi connectivity index (χ3n) is 4.26. The Hall–Kier alpha value is -2.80.